The molecule has 1 aliphatic rings. The molecule has 1 fully saturated rings. The summed E-state index contributed by atoms with van der Waals surface area (Å²) in [4.78, 5) is 2.32. The molecule has 1 saturated heterocycles. The van der Waals surface area contributed by atoms with Crippen LogP contribution >= 0.6 is 0 Å². The van der Waals surface area contributed by atoms with Gasteiger partial charge in [-0.15, -0.1) is 15.3 Å². The number of ether oxygens (including phenoxy) is 2. The normalized spacial score (nSPS) is 14.7. The number of methoxy groups -OCH3 is 2. The molecule has 2 aromatic heterocycles. The van der Waals surface area contributed by atoms with E-state index in [0.717, 1.165) is 30.2 Å². The summed E-state index contributed by atoms with van der Waals surface area (Å²) in [6.45, 7) is 2.09. The zero-order valence-electron chi connectivity index (χ0n) is 14.5. The van der Waals surface area contributed by atoms with Crippen LogP contribution in [0.4, 0.5) is 5.82 Å². The summed E-state index contributed by atoms with van der Waals surface area (Å²) in [5, 5.41) is 13.4. The standard InChI is InChI=1S/C18H21N5O2/c1-24-13-6-7-14(15(12-13)25-2)18-20-19-16-8-9-17(21-23(16)18)22-10-4-3-5-11-22/h6-9,12H,3-5,10-11H2,1-2H3. The Bertz CT molecular complexity index is 886. The Morgan fingerprint density at radius 3 is 2.52 bits per heavy atom. The van der Waals surface area contributed by atoms with Gasteiger partial charge in [0.05, 0.1) is 19.8 Å². The Labute approximate surface area is 146 Å². The first-order valence-corrected chi connectivity index (χ1v) is 8.50. The first kappa shape index (κ1) is 15.7. The van der Waals surface area contributed by atoms with Crippen molar-refractivity contribution < 1.29 is 9.47 Å². The minimum absolute atomic E-state index is 0.661. The molecular weight excluding hydrogens is 318 g/mol. The van der Waals surface area contributed by atoms with Crippen molar-refractivity contribution in [2.75, 3.05) is 32.2 Å². The number of anilines is 1. The maximum absolute atomic E-state index is 5.51. The largest absolute Gasteiger partial charge is 0.497 e. The van der Waals surface area contributed by atoms with Crippen LogP contribution in [0.5, 0.6) is 11.5 Å². The second kappa shape index (κ2) is 6.58. The molecule has 0 radical (unpaired) electrons. The minimum Gasteiger partial charge on any atom is -0.497 e. The Balaban J connectivity index is 1.79. The van der Waals surface area contributed by atoms with Crippen molar-refractivity contribution in [1.82, 2.24) is 19.8 Å². The lowest BCUT2D eigenvalue weighted by Gasteiger charge is -2.27. The van der Waals surface area contributed by atoms with Crippen LogP contribution in [0.15, 0.2) is 30.3 Å². The zero-order chi connectivity index (χ0) is 17.2. The van der Waals surface area contributed by atoms with Crippen LogP contribution < -0.4 is 14.4 Å². The Morgan fingerprint density at radius 1 is 0.920 bits per heavy atom. The molecule has 0 atom stereocenters. The number of piperidine rings is 1. The van der Waals surface area contributed by atoms with E-state index >= 15 is 0 Å². The van der Waals surface area contributed by atoms with Gasteiger partial charge < -0.3 is 14.4 Å². The molecule has 0 bridgehead atoms. The van der Waals surface area contributed by atoms with Gasteiger partial charge in [-0.2, -0.15) is 4.52 Å². The van der Waals surface area contributed by atoms with E-state index in [4.69, 9.17) is 14.6 Å². The third-order valence-corrected chi connectivity index (χ3v) is 4.58. The van der Waals surface area contributed by atoms with Crippen molar-refractivity contribution in [2.24, 2.45) is 0 Å². The van der Waals surface area contributed by atoms with Crippen molar-refractivity contribution in [2.45, 2.75) is 19.3 Å². The lowest BCUT2D eigenvalue weighted by atomic mass is 10.1. The summed E-state index contributed by atoms with van der Waals surface area (Å²) >= 11 is 0. The number of fused-ring (bicyclic) bond motifs is 1. The van der Waals surface area contributed by atoms with Crippen molar-refractivity contribution in [1.29, 1.82) is 0 Å². The molecule has 0 N–H and O–H groups in total. The Hall–Kier alpha value is -2.83. The number of benzene rings is 1. The van der Waals surface area contributed by atoms with E-state index in [9.17, 15) is 0 Å². The highest BCUT2D eigenvalue weighted by molar-refractivity contribution is 5.68. The molecule has 1 aromatic carbocycles. The molecule has 4 rings (SSSR count). The van der Waals surface area contributed by atoms with Crippen molar-refractivity contribution in [3.8, 4) is 22.9 Å². The summed E-state index contributed by atoms with van der Waals surface area (Å²) in [6.07, 6.45) is 3.71. The first-order chi connectivity index (χ1) is 12.3. The predicted octanol–water partition coefficient (Wildman–Crippen LogP) is 2.80. The SMILES string of the molecule is COc1ccc(-c2nnc3ccc(N4CCCCC4)nn23)c(OC)c1. The van der Waals surface area contributed by atoms with E-state index in [1.165, 1.54) is 19.3 Å². The molecule has 25 heavy (non-hydrogen) atoms. The van der Waals surface area contributed by atoms with E-state index in [0.29, 0.717) is 17.2 Å². The van der Waals surface area contributed by atoms with Gasteiger partial charge in [0.1, 0.15) is 17.3 Å². The van der Waals surface area contributed by atoms with Gasteiger partial charge in [-0.25, -0.2) is 0 Å². The molecule has 3 heterocycles. The van der Waals surface area contributed by atoms with Crippen molar-refractivity contribution in [3.05, 3.63) is 30.3 Å². The van der Waals surface area contributed by atoms with Crippen LogP contribution in [0.2, 0.25) is 0 Å². The molecule has 3 aromatic rings. The van der Waals surface area contributed by atoms with Gasteiger partial charge in [-0.1, -0.05) is 0 Å². The van der Waals surface area contributed by atoms with E-state index in [-0.39, 0.29) is 0 Å². The van der Waals surface area contributed by atoms with Gasteiger partial charge in [0.2, 0.25) is 0 Å². The topological polar surface area (TPSA) is 64.8 Å². The lowest BCUT2D eigenvalue weighted by molar-refractivity contribution is 0.395. The molecule has 0 unspecified atom stereocenters. The molecule has 130 valence electrons. The fourth-order valence-electron chi connectivity index (χ4n) is 3.22. The lowest BCUT2D eigenvalue weighted by Crippen LogP contribution is -2.30. The van der Waals surface area contributed by atoms with Gasteiger partial charge >= 0.3 is 0 Å². The van der Waals surface area contributed by atoms with E-state index < -0.39 is 0 Å². The van der Waals surface area contributed by atoms with Crippen LogP contribution in [-0.2, 0) is 0 Å². The zero-order valence-corrected chi connectivity index (χ0v) is 14.5. The first-order valence-electron chi connectivity index (χ1n) is 8.50. The maximum atomic E-state index is 5.51. The molecule has 0 spiro atoms. The summed E-state index contributed by atoms with van der Waals surface area (Å²) in [6, 6.07) is 9.62. The average Bonchev–Trinajstić information content (AvgIpc) is 3.11. The van der Waals surface area contributed by atoms with Crippen LogP contribution in [0.1, 0.15) is 19.3 Å². The molecule has 7 heteroatoms. The molecule has 1 aliphatic heterocycles. The fourth-order valence-corrected chi connectivity index (χ4v) is 3.22. The smallest absolute Gasteiger partial charge is 0.189 e. The van der Waals surface area contributed by atoms with Gasteiger partial charge in [-0.05, 0) is 43.5 Å². The van der Waals surface area contributed by atoms with Crippen LogP contribution in [-0.4, -0.2) is 47.1 Å². The third kappa shape index (κ3) is 2.86. The van der Waals surface area contributed by atoms with E-state index in [2.05, 4.69) is 15.1 Å². The second-order valence-electron chi connectivity index (χ2n) is 6.10. The van der Waals surface area contributed by atoms with E-state index in [1.807, 2.05) is 30.3 Å². The van der Waals surface area contributed by atoms with Crippen LogP contribution in [0.3, 0.4) is 0 Å². The van der Waals surface area contributed by atoms with Gasteiger partial charge in [-0.3, -0.25) is 0 Å². The molecule has 0 aliphatic carbocycles. The van der Waals surface area contributed by atoms with Gasteiger partial charge in [0, 0.05) is 19.2 Å². The molecular formula is C18H21N5O2. The van der Waals surface area contributed by atoms with Crippen molar-refractivity contribution in [3.63, 3.8) is 0 Å². The number of nitrogens with zero attached hydrogens (tertiary/aromatic N) is 5. The van der Waals surface area contributed by atoms with Gasteiger partial charge in [0.25, 0.3) is 0 Å². The van der Waals surface area contributed by atoms with Crippen LogP contribution in [0.25, 0.3) is 17.0 Å². The summed E-state index contributed by atoms with van der Waals surface area (Å²) in [5.74, 6) is 3.03. The number of hydrogen-bond donors (Lipinski definition) is 0. The monoisotopic (exact) mass is 339 g/mol. The summed E-state index contributed by atoms with van der Waals surface area (Å²) in [5.41, 5.74) is 1.55. The van der Waals surface area contributed by atoms with Gasteiger partial charge in [0.15, 0.2) is 11.5 Å². The maximum Gasteiger partial charge on any atom is 0.189 e. The van der Waals surface area contributed by atoms with E-state index in [1.54, 1.807) is 18.7 Å². The highest BCUT2D eigenvalue weighted by atomic mass is 16.5. The highest BCUT2D eigenvalue weighted by Crippen LogP contribution is 2.32. The molecule has 7 nitrogen and oxygen atoms in total. The number of aromatic nitrogens is 4. The summed E-state index contributed by atoms with van der Waals surface area (Å²) < 4.78 is 12.6. The molecule has 0 amide bonds. The summed E-state index contributed by atoms with van der Waals surface area (Å²) in [7, 11) is 3.27. The Morgan fingerprint density at radius 2 is 1.76 bits per heavy atom. The Kier molecular flexibility index (Phi) is 4.13. The third-order valence-electron chi connectivity index (χ3n) is 4.58. The number of hydrogen-bond acceptors (Lipinski definition) is 6. The molecule has 0 saturated carbocycles. The minimum atomic E-state index is 0.661. The quantitative estimate of drug-likeness (QED) is 0.728. The predicted molar refractivity (Wildman–Crippen MR) is 95.4 cm³/mol. The fraction of sp³-hybridized carbons (Fsp3) is 0.389. The highest BCUT2D eigenvalue weighted by Gasteiger charge is 2.18. The second-order valence-corrected chi connectivity index (χ2v) is 6.10. The van der Waals surface area contributed by atoms with Crippen LogP contribution in [0, 0.1) is 0 Å². The van der Waals surface area contributed by atoms with Crippen molar-refractivity contribution >= 4 is 11.5 Å². The number of rotatable bonds is 4. The average molecular weight is 339 g/mol.